The largest absolute Gasteiger partial charge is 0.354 e. The Labute approximate surface area is 82.6 Å². The lowest BCUT2D eigenvalue weighted by Crippen LogP contribution is -2.07. The van der Waals surface area contributed by atoms with Gasteiger partial charge in [0.05, 0.1) is 0 Å². The van der Waals surface area contributed by atoms with Gasteiger partial charge in [0.15, 0.2) is 5.13 Å². The number of anilines is 1. The third-order valence-corrected chi connectivity index (χ3v) is 3.78. The molecule has 1 aromatic heterocycles. The highest BCUT2D eigenvalue weighted by molar-refractivity contribution is 7.15. The van der Waals surface area contributed by atoms with Crippen molar-refractivity contribution in [3.05, 3.63) is 11.1 Å². The average molecular weight is 197 g/mol. The second kappa shape index (κ2) is 3.27. The summed E-state index contributed by atoms with van der Waals surface area (Å²) in [6.07, 6.45) is 3.26. The fraction of sp³-hybridized carbons (Fsp3) is 0.667. The van der Waals surface area contributed by atoms with E-state index in [1.807, 2.05) is 25.2 Å². The van der Waals surface area contributed by atoms with Gasteiger partial charge >= 0.3 is 0 Å². The molecule has 0 aliphatic heterocycles. The second-order valence-corrected chi connectivity index (χ2v) is 4.82. The molecule has 0 radical (unpaired) electrons. The fourth-order valence-electron chi connectivity index (χ4n) is 1.51. The molecule has 0 aromatic carbocycles. The molecule has 0 amide bonds. The molecule has 2 rings (SSSR count). The van der Waals surface area contributed by atoms with Crippen LogP contribution in [0.15, 0.2) is 6.20 Å². The Morgan fingerprint density at radius 1 is 1.69 bits per heavy atom. The van der Waals surface area contributed by atoms with Crippen molar-refractivity contribution in [2.75, 3.05) is 25.5 Å². The monoisotopic (exact) mass is 197 g/mol. The lowest BCUT2D eigenvalue weighted by molar-refractivity contribution is 0.814. The maximum atomic E-state index is 5.60. The van der Waals surface area contributed by atoms with Gasteiger partial charge in [-0.2, -0.15) is 0 Å². The maximum Gasteiger partial charge on any atom is 0.184 e. The van der Waals surface area contributed by atoms with Crippen molar-refractivity contribution in [2.45, 2.75) is 12.3 Å². The van der Waals surface area contributed by atoms with Crippen LogP contribution in [0.3, 0.4) is 0 Å². The maximum absolute atomic E-state index is 5.60. The molecule has 1 aromatic rings. The van der Waals surface area contributed by atoms with Gasteiger partial charge in [0.25, 0.3) is 0 Å². The lowest BCUT2D eigenvalue weighted by atomic mass is 10.3. The fourth-order valence-corrected chi connectivity index (χ4v) is 2.56. The Kier molecular flexibility index (Phi) is 2.26. The van der Waals surface area contributed by atoms with Crippen molar-refractivity contribution in [2.24, 2.45) is 11.7 Å². The first kappa shape index (κ1) is 8.97. The van der Waals surface area contributed by atoms with Crippen LogP contribution in [-0.4, -0.2) is 25.6 Å². The smallest absolute Gasteiger partial charge is 0.184 e. The minimum absolute atomic E-state index is 0.705. The van der Waals surface area contributed by atoms with Crippen LogP contribution in [0.25, 0.3) is 0 Å². The Bertz CT molecular complexity index is 295. The highest BCUT2D eigenvalue weighted by Gasteiger charge is 2.38. The van der Waals surface area contributed by atoms with E-state index >= 15 is 0 Å². The molecular formula is C9H15N3S. The summed E-state index contributed by atoms with van der Waals surface area (Å²) in [5.41, 5.74) is 5.60. The highest BCUT2D eigenvalue weighted by atomic mass is 32.1. The number of nitrogens with two attached hydrogens (primary N) is 1. The Balaban J connectivity index is 2.07. The molecule has 13 heavy (non-hydrogen) atoms. The van der Waals surface area contributed by atoms with Gasteiger partial charge in [-0.1, -0.05) is 0 Å². The molecule has 2 N–H and O–H groups in total. The van der Waals surface area contributed by atoms with Gasteiger partial charge in [-0.05, 0) is 24.8 Å². The topological polar surface area (TPSA) is 42.2 Å². The van der Waals surface area contributed by atoms with Gasteiger partial charge in [-0.15, -0.1) is 11.3 Å². The van der Waals surface area contributed by atoms with Crippen molar-refractivity contribution in [3.8, 4) is 0 Å². The van der Waals surface area contributed by atoms with E-state index in [-0.39, 0.29) is 0 Å². The van der Waals surface area contributed by atoms with E-state index in [2.05, 4.69) is 4.98 Å². The first-order valence-corrected chi connectivity index (χ1v) is 5.37. The minimum atomic E-state index is 0.705. The zero-order valence-electron chi connectivity index (χ0n) is 8.03. The molecule has 1 saturated carbocycles. The SMILES string of the molecule is CN(C)c1ncc([C@@H]2C[C@H]2CN)s1. The van der Waals surface area contributed by atoms with Crippen LogP contribution in [0, 0.1) is 5.92 Å². The van der Waals surface area contributed by atoms with Crippen LogP contribution in [-0.2, 0) is 0 Å². The Morgan fingerprint density at radius 2 is 2.46 bits per heavy atom. The van der Waals surface area contributed by atoms with Gasteiger partial charge in [0.1, 0.15) is 0 Å². The molecule has 1 aliphatic carbocycles. The molecule has 1 heterocycles. The summed E-state index contributed by atoms with van der Waals surface area (Å²) in [7, 11) is 4.05. The summed E-state index contributed by atoms with van der Waals surface area (Å²) in [4.78, 5) is 7.80. The summed E-state index contributed by atoms with van der Waals surface area (Å²) in [5, 5.41) is 1.10. The molecule has 72 valence electrons. The highest BCUT2D eigenvalue weighted by Crippen LogP contribution is 2.49. The first-order valence-electron chi connectivity index (χ1n) is 4.55. The van der Waals surface area contributed by atoms with Crippen molar-refractivity contribution in [1.29, 1.82) is 0 Å². The molecule has 3 nitrogen and oxygen atoms in total. The van der Waals surface area contributed by atoms with E-state index in [0.29, 0.717) is 5.92 Å². The van der Waals surface area contributed by atoms with E-state index < -0.39 is 0 Å². The van der Waals surface area contributed by atoms with E-state index in [9.17, 15) is 0 Å². The van der Waals surface area contributed by atoms with Crippen molar-refractivity contribution >= 4 is 16.5 Å². The number of thiazole rings is 1. The molecule has 2 atom stereocenters. The van der Waals surface area contributed by atoms with Gasteiger partial charge < -0.3 is 10.6 Å². The molecular weight excluding hydrogens is 182 g/mol. The number of nitrogens with zero attached hydrogens (tertiary/aromatic N) is 2. The summed E-state index contributed by atoms with van der Waals surface area (Å²) in [6.45, 7) is 0.819. The molecule has 0 spiro atoms. The van der Waals surface area contributed by atoms with Gasteiger partial charge in [-0.3, -0.25) is 0 Å². The van der Waals surface area contributed by atoms with Crippen LogP contribution >= 0.6 is 11.3 Å². The number of aromatic nitrogens is 1. The summed E-state index contributed by atoms with van der Waals surface area (Å²) in [6, 6.07) is 0. The summed E-state index contributed by atoms with van der Waals surface area (Å²) < 4.78 is 0. The predicted octanol–water partition coefficient (Wildman–Crippen LogP) is 1.27. The molecule has 0 saturated heterocycles. The van der Waals surface area contributed by atoms with Crippen LogP contribution < -0.4 is 10.6 Å². The molecule has 0 bridgehead atoms. The third-order valence-electron chi connectivity index (χ3n) is 2.48. The van der Waals surface area contributed by atoms with Crippen molar-refractivity contribution in [1.82, 2.24) is 4.98 Å². The van der Waals surface area contributed by atoms with Crippen molar-refractivity contribution < 1.29 is 0 Å². The van der Waals surface area contributed by atoms with E-state index in [4.69, 9.17) is 5.73 Å². The van der Waals surface area contributed by atoms with Gasteiger partial charge in [-0.25, -0.2) is 4.98 Å². The van der Waals surface area contributed by atoms with Gasteiger partial charge in [0, 0.05) is 25.2 Å². The van der Waals surface area contributed by atoms with Crippen LogP contribution in [0.2, 0.25) is 0 Å². The molecule has 1 aliphatic rings. The normalized spacial score (nSPS) is 26.1. The lowest BCUT2D eigenvalue weighted by Gasteiger charge is -2.05. The average Bonchev–Trinajstić information content (AvgIpc) is 2.73. The summed E-state index contributed by atoms with van der Waals surface area (Å²) >= 11 is 1.79. The molecule has 1 fully saturated rings. The van der Waals surface area contributed by atoms with Crippen LogP contribution in [0.1, 0.15) is 17.2 Å². The van der Waals surface area contributed by atoms with Crippen molar-refractivity contribution in [3.63, 3.8) is 0 Å². The zero-order chi connectivity index (χ0) is 9.42. The Morgan fingerprint density at radius 3 is 2.92 bits per heavy atom. The minimum Gasteiger partial charge on any atom is -0.354 e. The first-order chi connectivity index (χ1) is 6.22. The molecule has 0 unspecified atom stereocenters. The van der Waals surface area contributed by atoms with Crippen LogP contribution in [0.5, 0.6) is 0 Å². The van der Waals surface area contributed by atoms with E-state index in [1.54, 1.807) is 11.3 Å². The summed E-state index contributed by atoms with van der Waals surface area (Å²) in [5.74, 6) is 1.42. The quantitative estimate of drug-likeness (QED) is 0.793. The number of rotatable bonds is 3. The third kappa shape index (κ3) is 1.69. The Hall–Kier alpha value is -0.610. The number of hydrogen-bond donors (Lipinski definition) is 1. The zero-order valence-corrected chi connectivity index (χ0v) is 8.84. The van der Waals surface area contributed by atoms with E-state index in [1.165, 1.54) is 11.3 Å². The van der Waals surface area contributed by atoms with Crippen LogP contribution in [0.4, 0.5) is 5.13 Å². The molecule has 4 heteroatoms. The van der Waals surface area contributed by atoms with Gasteiger partial charge in [0.2, 0.25) is 0 Å². The predicted molar refractivity (Wildman–Crippen MR) is 56.3 cm³/mol. The standard InChI is InChI=1S/C9H15N3S/c1-12(2)9-11-5-8(13-9)7-3-6(7)4-10/h5-7H,3-4,10H2,1-2H3/t6-,7+/m0/s1. The number of hydrogen-bond acceptors (Lipinski definition) is 4. The van der Waals surface area contributed by atoms with E-state index in [0.717, 1.165) is 17.6 Å². The second-order valence-electron chi connectivity index (χ2n) is 3.78.